The van der Waals surface area contributed by atoms with Crippen LogP contribution in [0.25, 0.3) is 10.8 Å². The van der Waals surface area contributed by atoms with Crippen LogP contribution in [0.15, 0.2) is 59.7 Å². The van der Waals surface area contributed by atoms with Gasteiger partial charge in [-0.1, -0.05) is 42.5 Å². The molecule has 0 aliphatic carbocycles. The fraction of sp³-hybridized carbons (Fsp3) is 0.0714. The average molecular weight is 195 g/mol. The smallest absolute Gasteiger partial charge is 0.0340 e. The van der Waals surface area contributed by atoms with Gasteiger partial charge in [0.2, 0.25) is 0 Å². The Kier molecular flexibility index (Phi) is 2.93. The van der Waals surface area contributed by atoms with Crippen LogP contribution in [0.5, 0.6) is 0 Å². The molecule has 0 spiro atoms. The third-order valence-corrected chi connectivity index (χ3v) is 2.23. The van der Waals surface area contributed by atoms with E-state index in [9.17, 15) is 0 Å². The summed E-state index contributed by atoms with van der Waals surface area (Å²) in [5.74, 6) is 0. The summed E-state index contributed by atoms with van der Waals surface area (Å²) < 4.78 is 0. The van der Waals surface area contributed by atoms with Crippen molar-refractivity contribution in [2.45, 2.75) is 6.92 Å². The van der Waals surface area contributed by atoms with Gasteiger partial charge < -0.3 is 0 Å². The lowest BCUT2D eigenvalue weighted by Crippen LogP contribution is -1.80. The molecule has 2 aromatic carbocycles. The molecule has 0 saturated heterocycles. The second-order valence-electron chi connectivity index (χ2n) is 3.37. The Hall–Kier alpha value is -1.89. The van der Waals surface area contributed by atoms with E-state index in [1.165, 1.54) is 10.8 Å². The first-order valence-electron chi connectivity index (χ1n) is 5.03. The first kappa shape index (κ1) is 9.66. The van der Waals surface area contributed by atoms with Gasteiger partial charge in [-0.15, -0.1) is 0 Å². The Morgan fingerprint density at radius 1 is 1.00 bits per heavy atom. The van der Waals surface area contributed by atoms with Gasteiger partial charge in [-0.2, -0.15) is 0 Å². The highest BCUT2D eigenvalue weighted by Gasteiger charge is 1.92. The summed E-state index contributed by atoms with van der Waals surface area (Å²) in [5.41, 5.74) is 1.13. The van der Waals surface area contributed by atoms with Gasteiger partial charge in [-0.05, 0) is 29.3 Å². The Labute approximate surface area is 89.8 Å². The Bertz CT molecular complexity index is 509. The molecule has 0 saturated carbocycles. The standard InChI is InChI=1S/C14H13N/c1-2-9-15-11-12-7-8-13-5-3-4-6-14(13)10-12/h2-11H,1H3. The predicted octanol–water partition coefficient (Wildman–Crippen LogP) is 3.79. The van der Waals surface area contributed by atoms with Crippen LogP contribution in [-0.2, 0) is 0 Å². The molecule has 0 aromatic heterocycles. The van der Waals surface area contributed by atoms with Gasteiger partial charge in [0.1, 0.15) is 0 Å². The van der Waals surface area contributed by atoms with Crippen molar-refractivity contribution in [3.63, 3.8) is 0 Å². The fourth-order valence-corrected chi connectivity index (χ4v) is 1.50. The van der Waals surface area contributed by atoms with E-state index >= 15 is 0 Å². The van der Waals surface area contributed by atoms with Crippen LogP contribution >= 0.6 is 0 Å². The summed E-state index contributed by atoms with van der Waals surface area (Å²) in [7, 11) is 0. The van der Waals surface area contributed by atoms with Crippen LogP contribution in [0.3, 0.4) is 0 Å². The quantitative estimate of drug-likeness (QED) is 0.646. The maximum Gasteiger partial charge on any atom is 0.0340 e. The second-order valence-corrected chi connectivity index (χ2v) is 3.37. The number of hydrogen-bond donors (Lipinski definition) is 0. The van der Waals surface area contributed by atoms with Gasteiger partial charge >= 0.3 is 0 Å². The molecule has 0 atom stereocenters. The van der Waals surface area contributed by atoms with E-state index in [1.807, 2.05) is 19.2 Å². The van der Waals surface area contributed by atoms with Crippen LogP contribution in [-0.4, -0.2) is 6.21 Å². The first-order valence-corrected chi connectivity index (χ1v) is 5.03. The molecule has 0 fully saturated rings. The number of allylic oxidation sites excluding steroid dienone is 1. The normalized spacial score (nSPS) is 11.8. The van der Waals surface area contributed by atoms with E-state index in [4.69, 9.17) is 0 Å². The Morgan fingerprint density at radius 3 is 2.60 bits per heavy atom. The highest BCUT2D eigenvalue weighted by Crippen LogP contribution is 2.14. The minimum Gasteiger partial charge on any atom is -0.264 e. The van der Waals surface area contributed by atoms with Crippen LogP contribution in [0, 0.1) is 0 Å². The zero-order chi connectivity index (χ0) is 10.5. The maximum atomic E-state index is 4.16. The highest BCUT2D eigenvalue weighted by atomic mass is 14.7. The van der Waals surface area contributed by atoms with Crippen molar-refractivity contribution in [3.8, 4) is 0 Å². The molecule has 15 heavy (non-hydrogen) atoms. The van der Waals surface area contributed by atoms with Crippen LogP contribution in [0.4, 0.5) is 0 Å². The molecule has 0 heterocycles. The minimum absolute atomic E-state index is 1.13. The van der Waals surface area contributed by atoms with E-state index in [1.54, 1.807) is 6.20 Å². The summed E-state index contributed by atoms with van der Waals surface area (Å²) in [5, 5.41) is 2.52. The SMILES string of the molecule is CC=CN=Cc1ccc2ccccc2c1. The van der Waals surface area contributed by atoms with E-state index in [0.29, 0.717) is 0 Å². The molecular weight excluding hydrogens is 182 g/mol. The lowest BCUT2D eigenvalue weighted by molar-refractivity contribution is 1.54. The van der Waals surface area contributed by atoms with Crippen molar-refractivity contribution in [3.05, 3.63) is 60.3 Å². The summed E-state index contributed by atoms with van der Waals surface area (Å²) in [6.45, 7) is 1.96. The van der Waals surface area contributed by atoms with Gasteiger partial charge in [-0.25, -0.2) is 0 Å². The van der Waals surface area contributed by atoms with Crippen LogP contribution in [0.2, 0.25) is 0 Å². The van der Waals surface area contributed by atoms with Crippen molar-refractivity contribution in [1.29, 1.82) is 0 Å². The summed E-state index contributed by atoms with van der Waals surface area (Å²) in [6, 6.07) is 14.7. The van der Waals surface area contributed by atoms with Crippen molar-refractivity contribution >= 4 is 17.0 Å². The highest BCUT2D eigenvalue weighted by molar-refractivity contribution is 5.90. The molecule has 0 N–H and O–H groups in total. The topological polar surface area (TPSA) is 12.4 Å². The largest absolute Gasteiger partial charge is 0.264 e. The van der Waals surface area contributed by atoms with Crippen LogP contribution < -0.4 is 0 Å². The molecule has 2 aromatic rings. The Morgan fingerprint density at radius 2 is 1.80 bits per heavy atom. The van der Waals surface area contributed by atoms with E-state index in [2.05, 4.69) is 47.5 Å². The van der Waals surface area contributed by atoms with E-state index in [-0.39, 0.29) is 0 Å². The molecule has 1 nitrogen and oxygen atoms in total. The average Bonchev–Trinajstić information content (AvgIpc) is 2.29. The molecule has 0 aliphatic heterocycles. The number of hydrogen-bond acceptors (Lipinski definition) is 1. The van der Waals surface area contributed by atoms with Crippen molar-refractivity contribution in [2.24, 2.45) is 4.99 Å². The van der Waals surface area contributed by atoms with Gasteiger partial charge in [0.25, 0.3) is 0 Å². The summed E-state index contributed by atoms with van der Waals surface area (Å²) in [4.78, 5) is 4.16. The molecule has 0 bridgehead atoms. The summed E-state index contributed by atoms with van der Waals surface area (Å²) >= 11 is 0. The summed E-state index contributed by atoms with van der Waals surface area (Å²) in [6.07, 6.45) is 5.57. The van der Waals surface area contributed by atoms with Crippen LogP contribution in [0.1, 0.15) is 12.5 Å². The lowest BCUT2D eigenvalue weighted by atomic mass is 10.1. The maximum absolute atomic E-state index is 4.16. The molecule has 2 rings (SSSR count). The van der Waals surface area contributed by atoms with Crippen molar-refractivity contribution in [1.82, 2.24) is 0 Å². The zero-order valence-corrected chi connectivity index (χ0v) is 8.72. The molecule has 0 radical (unpaired) electrons. The minimum atomic E-state index is 1.13. The number of aliphatic imine (C=N–C) groups is 1. The molecule has 0 aliphatic rings. The molecule has 74 valence electrons. The van der Waals surface area contributed by atoms with Crippen molar-refractivity contribution in [2.75, 3.05) is 0 Å². The van der Waals surface area contributed by atoms with Gasteiger partial charge in [0.05, 0.1) is 0 Å². The number of benzene rings is 2. The van der Waals surface area contributed by atoms with E-state index < -0.39 is 0 Å². The molecule has 0 unspecified atom stereocenters. The lowest BCUT2D eigenvalue weighted by Gasteiger charge is -1.97. The third kappa shape index (κ3) is 2.32. The van der Waals surface area contributed by atoms with Crippen molar-refractivity contribution < 1.29 is 0 Å². The zero-order valence-electron chi connectivity index (χ0n) is 8.72. The third-order valence-electron chi connectivity index (χ3n) is 2.23. The monoisotopic (exact) mass is 195 g/mol. The molecule has 0 amide bonds. The molecular formula is C14H13N. The number of rotatable bonds is 2. The van der Waals surface area contributed by atoms with E-state index in [0.717, 1.165) is 5.56 Å². The first-order chi connectivity index (χ1) is 7.40. The Balaban J connectivity index is 2.38. The van der Waals surface area contributed by atoms with Gasteiger partial charge in [-0.3, -0.25) is 4.99 Å². The van der Waals surface area contributed by atoms with Gasteiger partial charge in [0.15, 0.2) is 0 Å². The molecule has 1 heteroatoms. The fourth-order valence-electron chi connectivity index (χ4n) is 1.50. The number of nitrogens with zero attached hydrogens (tertiary/aromatic N) is 1. The predicted molar refractivity (Wildman–Crippen MR) is 66.4 cm³/mol. The van der Waals surface area contributed by atoms with Gasteiger partial charge in [0, 0.05) is 12.4 Å². The number of fused-ring (bicyclic) bond motifs is 1. The second kappa shape index (κ2) is 4.56.